The van der Waals surface area contributed by atoms with Crippen molar-refractivity contribution in [2.75, 3.05) is 6.61 Å². The van der Waals surface area contributed by atoms with Crippen LogP contribution in [0.2, 0.25) is 0 Å². The number of ether oxygens (including phenoxy) is 2. The molecule has 2 atom stereocenters. The fraction of sp³-hybridized carbons (Fsp3) is 1.00. The summed E-state index contributed by atoms with van der Waals surface area (Å²) in [5.41, 5.74) is 0. The van der Waals surface area contributed by atoms with Gasteiger partial charge in [0.2, 0.25) is 0 Å². The molecule has 1 aliphatic heterocycles. The molecule has 6 heteroatoms. The number of hydrogen-bond acceptors (Lipinski definition) is 4. The van der Waals surface area contributed by atoms with Crippen LogP contribution in [0.4, 0.5) is 0 Å². The largest absolute Gasteiger partial charge is 0.348 e. The lowest BCUT2D eigenvalue weighted by atomic mass is 10.2. The van der Waals surface area contributed by atoms with E-state index < -0.39 is 21.2 Å². The van der Waals surface area contributed by atoms with Crippen molar-refractivity contribution >= 4 is 10.1 Å². The molecule has 1 N–H and O–H groups in total. The van der Waals surface area contributed by atoms with Gasteiger partial charge in [0.1, 0.15) is 0 Å². The van der Waals surface area contributed by atoms with Crippen LogP contribution >= 0.6 is 0 Å². The zero-order valence-corrected chi connectivity index (χ0v) is 9.37. The fourth-order valence-electron chi connectivity index (χ4n) is 1.37. The van der Waals surface area contributed by atoms with Gasteiger partial charge in [0, 0.05) is 0 Å². The van der Waals surface area contributed by atoms with E-state index in [1.807, 2.05) is 0 Å². The summed E-state index contributed by atoms with van der Waals surface area (Å²) in [6.07, 6.45) is -0.00986. The van der Waals surface area contributed by atoms with Crippen LogP contribution in [0.1, 0.15) is 27.2 Å². The van der Waals surface area contributed by atoms with E-state index in [4.69, 9.17) is 14.0 Å². The lowest BCUT2D eigenvalue weighted by Crippen LogP contribution is -2.26. The molecule has 0 aliphatic carbocycles. The van der Waals surface area contributed by atoms with Crippen molar-refractivity contribution in [2.24, 2.45) is 0 Å². The Labute approximate surface area is 84.1 Å². The molecule has 2 unspecified atom stereocenters. The van der Waals surface area contributed by atoms with Gasteiger partial charge in [-0.2, -0.15) is 8.42 Å². The molecule has 14 heavy (non-hydrogen) atoms. The molecule has 1 heterocycles. The maximum Gasteiger partial charge on any atom is 0.267 e. The highest BCUT2D eigenvalue weighted by Gasteiger charge is 2.35. The van der Waals surface area contributed by atoms with E-state index in [9.17, 15) is 8.42 Å². The zero-order valence-electron chi connectivity index (χ0n) is 8.56. The van der Waals surface area contributed by atoms with Crippen molar-refractivity contribution in [3.63, 3.8) is 0 Å². The minimum absolute atomic E-state index is 0.252. The van der Waals surface area contributed by atoms with Crippen molar-refractivity contribution in [1.82, 2.24) is 0 Å². The van der Waals surface area contributed by atoms with E-state index in [-0.39, 0.29) is 12.5 Å². The van der Waals surface area contributed by atoms with Gasteiger partial charge in [-0.05, 0) is 27.2 Å². The zero-order chi connectivity index (χ0) is 11.0. The Hall–Kier alpha value is -0.170. The smallest absolute Gasteiger partial charge is 0.267 e. The van der Waals surface area contributed by atoms with Crippen molar-refractivity contribution < 1.29 is 22.4 Å². The van der Waals surface area contributed by atoms with Crippen molar-refractivity contribution in [2.45, 2.75) is 44.3 Å². The SMILES string of the molecule is CC(CC1COC(C)(C)O1)S(=O)(=O)O. The third-order valence-electron chi connectivity index (χ3n) is 2.17. The van der Waals surface area contributed by atoms with Gasteiger partial charge in [-0.1, -0.05) is 0 Å². The molecule has 0 aromatic rings. The second kappa shape index (κ2) is 3.77. The molecule has 0 aromatic carbocycles. The highest BCUT2D eigenvalue weighted by atomic mass is 32.2. The molecule has 1 rings (SSSR count). The maximum atomic E-state index is 10.7. The standard InChI is InChI=1S/C8H16O5S/c1-6(14(9,10)11)4-7-5-12-8(2,3)13-7/h6-7H,4-5H2,1-3H3,(H,9,10,11). The van der Waals surface area contributed by atoms with Gasteiger partial charge >= 0.3 is 0 Å². The summed E-state index contributed by atoms with van der Waals surface area (Å²) in [6.45, 7) is 5.35. The Morgan fingerprint density at radius 2 is 2.14 bits per heavy atom. The van der Waals surface area contributed by atoms with Crippen molar-refractivity contribution in [1.29, 1.82) is 0 Å². The van der Waals surface area contributed by atoms with Gasteiger partial charge in [-0.25, -0.2) is 0 Å². The molecule has 84 valence electrons. The van der Waals surface area contributed by atoms with E-state index >= 15 is 0 Å². The molecule has 0 spiro atoms. The van der Waals surface area contributed by atoms with Crippen LogP contribution < -0.4 is 0 Å². The van der Waals surface area contributed by atoms with E-state index in [1.165, 1.54) is 6.92 Å². The van der Waals surface area contributed by atoms with Gasteiger partial charge in [-0.15, -0.1) is 0 Å². The average molecular weight is 224 g/mol. The predicted molar refractivity (Wildman–Crippen MR) is 50.5 cm³/mol. The highest BCUT2D eigenvalue weighted by Crippen LogP contribution is 2.25. The van der Waals surface area contributed by atoms with Crippen LogP contribution in [-0.2, 0) is 19.6 Å². The number of rotatable bonds is 3. The Morgan fingerprint density at radius 1 is 1.57 bits per heavy atom. The van der Waals surface area contributed by atoms with E-state index in [0.717, 1.165) is 0 Å². The quantitative estimate of drug-likeness (QED) is 0.718. The summed E-state index contributed by atoms with van der Waals surface area (Å²) >= 11 is 0. The fourth-order valence-corrected chi connectivity index (χ4v) is 1.83. The molecule has 1 fully saturated rings. The molecule has 0 radical (unpaired) electrons. The summed E-state index contributed by atoms with van der Waals surface area (Å²) in [5, 5.41) is -0.815. The first-order chi connectivity index (χ1) is 6.21. The van der Waals surface area contributed by atoms with E-state index in [0.29, 0.717) is 6.61 Å². The van der Waals surface area contributed by atoms with Gasteiger partial charge in [-0.3, -0.25) is 4.55 Å². The third kappa shape index (κ3) is 3.20. The van der Waals surface area contributed by atoms with Crippen LogP contribution in [0, 0.1) is 0 Å². The molecule has 0 amide bonds. The van der Waals surface area contributed by atoms with E-state index in [1.54, 1.807) is 13.8 Å². The van der Waals surface area contributed by atoms with Gasteiger partial charge in [0.05, 0.1) is 18.0 Å². The first-order valence-electron chi connectivity index (χ1n) is 4.49. The molecular formula is C8H16O5S. The minimum Gasteiger partial charge on any atom is -0.348 e. The Morgan fingerprint density at radius 3 is 2.50 bits per heavy atom. The Kier molecular flexibility index (Phi) is 3.20. The Bertz CT molecular complexity index is 295. The molecule has 1 aliphatic rings. The second-order valence-electron chi connectivity index (χ2n) is 4.01. The van der Waals surface area contributed by atoms with Crippen LogP contribution in [0.15, 0.2) is 0 Å². The maximum absolute atomic E-state index is 10.7. The van der Waals surface area contributed by atoms with Crippen molar-refractivity contribution in [3.05, 3.63) is 0 Å². The number of hydrogen-bond donors (Lipinski definition) is 1. The van der Waals surface area contributed by atoms with Crippen LogP contribution in [0.5, 0.6) is 0 Å². The summed E-state index contributed by atoms with van der Waals surface area (Å²) < 4.78 is 40.9. The summed E-state index contributed by atoms with van der Waals surface area (Å²) in [6, 6.07) is 0. The van der Waals surface area contributed by atoms with Gasteiger partial charge in [0.25, 0.3) is 10.1 Å². The molecule has 0 aromatic heterocycles. The summed E-state index contributed by atoms with van der Waals surface area (Å²) in [4.78, 5) is 0. The van der Waals surface area contributed by atoms with Crippen LogP contribution in [0.25, 0.3) is 0 Å². The first-order valence-corrected chi connectivity index (χ1v) is 5.99. The monoisotopic (exact) mass is 224 g/mol. The molecule has 0 saturated carbocycles. The summed E-state index contributed by atoms with van der Waals surface area (Å²) in [5.74, 6) is -0.649. The van der Waals surface area contributed by atoms with E-state index in [2.05, 4.69) is 0 Å². The van der Waals surface area contributed by atoms with Crippen LogP contribution in [-0.4, -0.2) is 36.7 Å². The molecule has 0 bridgehead atoms. The lowest BCUT2D eigenvalue weighted by Gasteiger charge is -2.18. The lowest BCUT2D eigenvalue weighted by molar-refractivity contribution is -0.138. The van der Waals surface area contributed by atoms with Gasteiger partial charge in [0.15, 0.2) is 5.79 Å². The van der Waals surface area contributed by atoms with Crippen LogP contribution in [0.3, 0.4) is 0 Å². The molecule has 5 nitrogen and oxygen atoms in total. The normalized spacial score (nSPS) is 29.0. The molecular weight excluding hydrogens is 208 g/mol. The van der Waals surface area contributed by atoms with Gasteiger partial charge < -0.3 is 9.47 Å². The third-order valence-corrected chi connectivity index (χ3v) is 3.38. The highest BCUT2D eigenvalue weighted by molar-refractivity contribution is 7.86. The average Bonchev–Trinajstić information content (AvgIpc) is 2.28. The molecule has 1 saturated heterocycles. The first kappa shape index (κ1) is 11.9. The second-order valence-corrected chi connectivity index (χ2v) is 5.85. The minimum atomic E-state index is -3.96. The van der Waals surface area contributed by atoms with Crippen molar-refractivity contribution in [3.8, 4) is 0 Å². The Balaban J connectivity index is 2.48. The summed E-state index contributed by atoms with van der Waals surface area (Å²) in [7, 11) is -3.96. The topological polar surface area (TPSA) is 72.8 Å². The predicted octanol–water partition coefficient (Wildman–Crippen LogP) is 0.804.